The third-order valence-electron chi connectivity index (χ3n) is 3.09. The predicted molar refractivity (Wildman–Crippen MR) is 66.2 cm³/mol. The maximum atomic E-state index is 12.3. The van der Waals surface area contributed by atoms with Crippen molar-refractivity contribution in [3.63, 3.8) is 0 Å². The quantitative estimate of drug-likeness (QED) is 0.871. The van der Waals surface area contributed by atoms with Gasteiger partial charge in [-0.1, -0.05) is 13.8 Å². The van der Waals surface area contributed by atoms with E-state index in [9.17, 15) is 4.79 Å². The summed E-state index contributed by atoms with van der Waals surface area (Å²) in [5, 5.41) is 10.3. The van der Waals surface area contributed by atoms with E-state index < -0.39 is 0 Å². The summed E-state index contributed by atoms with van der Waals surface area (Å²) < 4.78 is 5.68. The van der Waals surface area contributed by atoms with Crippen LogP contribution in [0.4, 0.5) is 0 Å². The lowest BCUT2D eigenvalue weighted by molar-refractivity contribution is -0.0300. The van der Waals surface area contributed by atoms with Gasteiger partial charge in [0.15, 0.2) is 5.69 Å². The number of ether oxygens (including phenoxy) is 1. The molecule has 0 saturated carbocycles. The fraction of sp³-hybridized carbons (Fsp3) is 0.750. The van der Waals surface area contributed by atoms with Gasteiger partial charge in [0.05, 0.1) is 18.4 Å². The molecule has 6 nitrogen and oxygen atoms in total. The predicted octanol–water partition coefficient (Wildman–Crippen LogP) is 1.00. The van der Waals surface area contributed by atoms with Crippen LogP contribution in [0.3, 0.4) is 0 Å². The zero-order valence-corrected chi connectivity index (χ0v) is 11.1. The van der Waals surface area contributed by atoms with Gasteiger partial charge in [0.2, 0.25) is 0 Å². The zero-order valence-electron chi connectivity index (χ0n) is 11.1. The third-order valence-corrected chi connectivity index (χ3v) is 3.09. The first-order chi connectivity index (χ1) is 8.58. The van der Waals surface area contributed by atoms with E-state index in [0.29, 0.717) is 37.0 Å². The summed E-state index contributed by atoms with van der Waals surface area (Å²) >= 11 is 0. The summed E-state index contributed by atoms with van der Waals surface area (Å²) in [5.41, 5.74) is 1.06. The zero-order chi connectivity index (χ0) is 13.1. The number of amides is 1. The Balaban J connectivity index is 2.01. The molecule has 0 aromatic carbocycles. The molecule has 0 unspecified atom stereocenters. The van der Waals surface area contributed by atoms with Crippen LogP contribution < -0.4 is 0 Å². The number of hydrogen-bond donors (Lipinski definition) is 1. The maximum absolute atomic E-state index is 12.3. The van der Waals surface area contributed by atoms with Crippen molar-refractivity contribution in [2.75, 3.05) is 19.7 Å². The first-order valence-electron chi connectivity index (χ1n) is 6.36. The van der Waals surface area contributed by atoms with Crippen LogP contribution >= 0.6 is 0 Å². The Morgan fingerprint density at radius 3 is 2.94 bits per heavy atom. The largest absolute Gasteiger partial charge is 0.375 e. The number of aryl methyl sites for hydroxylation is 1. The molecular weight excluding hydrogens is 232 g/mol. The Hall–Kier alpha value is -1.43. The molecular formula is C12H20N4O2. The Bertz CT molecular complexity index is 416. The number of rotatable bonds is 3. The van der Waals surface area contributed by atoms with Gasteiger partial charge in [0.25, 0.3) is 5.91 Å². The molecule has 18 heavy (non-hydrogen) atoms. The van der Waals surface area contributed by atoms with Gasteiger partial charge in [-0.25, -0.2) is 0 Å². The van der Waals surface area contributed by atoms with E-state index >= 15 is 0 Å². The van der Waals surface area contributed by atoms with Crippen LogP contribution in [0.1, 0.15) is 36.5 Å². The van der Waals surface area contributed by atoms with Crippen molar-refractivity contribution in [3.8, 4) is 0 Å². The molecule has 1 aliphatic rings. The number of morpholine rings is 1. The van der Waals surface area contributed by atoms with Crippen LogP contribution in [0.25, 0.3) is 0 Å². The Labute approximate surface area is 107 Å². The maximum Gasteiger partial charge on any atom is 0.276 e. The van der Waals surface area contributed by atoms with Gasteiger partial charge in [-0.3, -0.25) is 4.79 Å². The first-order valence-corrected chi connectivity index (χ1v) is 6.36. The van der Waals surface area contributed by atoms with Crippen molar-refractivity contribution in [1.29, 1.82) is 0 Å². The molecule has 0 bridgehead atoms. The normalized spacial score (nSPS) is 20.4. The van der Waals surface area contributed by atoms with Gasteiger partial charge >= 0.3 is 0 Å². The second-order valence-corrected chi connectivity index (χ2v) is 5.13. The molecule has 1 fully saturated rings. The summed E-state index contributed by atoms with van der Waals surface area (Å²) in [6, 6.07) is 0. The van der Waals surface area contributed by atoms with E-state index in [1.54, 1.807) is 11.8 Å². The molecule has 1 aromatic heterocycles. The van der Waals surface area contributed by atoms with E-state index in [1.165, 1.54) is 0 Å². The van der Waals surface area contributed by atoms with Crippen LogP contribution in [-0.2, 0) is 4.74 Å². The monoisotopic (exact) mass is 252 g/mol. The molecule has 6 heteroatoms. The van der Waals surface area contributed by atoms with Crippen molar-refractivity contribution >= 4 is 5.91 Å². The fourth-order valence-electron chi connectivity index (χ4n) is 2.21. The Morgan fingerprint density at radius 2 is 2.33 bits per heavy atom. The first kappa shape index (κ1) is 13.0. The highest BCUT2D eigenvalue weighted by atomic mass is 16.5. The number of hydrogen-bond acceptors (Lipinski definition) is 4. The molecule has 100 valence electrons. The Morgan fingerprint density at radius 1 is 1.56 bits per heavy atom. The molecule has 0 radical (unpaired) electrons. The van der Waals surface area contributed by atoms with Crippen LogP contribution in [-0.4, -0.2) is 52.0 Å². The van der Waals surface area contributed by atoms with E-state index in [4.69, 9.17) is 4.74 Å². The number of nitrogens with zero attached hydrogens (tertiary/aromatic N) is 3. The second kappa shape index (κ2) is 5.48. The summed E-state index contributed by atoms with van der Waals surface area (Å²) in [6.07, 6.45) is 1.11. The van der Waals surface area contributed by atoms with E-state index in [-0.39, 0.29) is 12.0 Å². The van der Waals surface area contributed by atoms with Gasteiger partial charge < -0.3 is 9.64 Å². The summed E-state index contributed by atoms with van der Waals surface area (Å²) in [5.74, 6) is 0.511. The number of H-pyrrole nitrogens is 1. The third kappa shape index (κ3) is 2.87. The SMILES string of the molecule is Cc1n[nH]nc1C(=O)N1CCO[C@H](CC(C)C)C1. The van der Waals surface area contributed by atoms with E-state index in [1.807, 2.05) is 0 Å². The molecule has 1 atom stereocenters. The topological polar surface area (TPSA) is 71.1 Å². The fourth-order valence-corrected chi connectivity index (χ4v) is 2.21. The molecule has 1 saturated heterocycles. The van der Waals surface area contributed by atoms with Crippen LogP contribution in [0.15, 0.2) is 0 Å². The molecule has 1 aromatic rings. The smallest absolute Gasteiger partial charge is 0.276 e. The lowest BCUT2D eigenvalue weighted by Crippen LogP contribution is -2.46. The highest BCUT2D eigenvalue weighted by Gasteiger charge is 2.27. The van der Waals surface area contributed by atoms with Crippen LogP contribution in [0, 0.1) is 12.8 Å². The molecule has 2 rings (SSSR count). The highest BCUT2D eigenvalue weighted by molar-refractivity contribution is 5.93. The van der Waals surface area contributed by atoms with Gasteiger partial charge in [0, 0.05) is 13.1 Å². The van der Waals surface area contributed by atoms with Crippen molar-refractivity contribution < 1.29 is 9.53 Å². The number of nitrogens with one attached hydrogen (secondary N) is 1. The minimum atomic E-state index is -0.0571. The van der Waals surface area contributed by atoms with Crippen molar-refractivity contribution in [2.45, 2.75) is 33.3 Å². The summed E-state index contributed by atoms with van der Waals surface area (Å²) in [6.45, 7) is 7.96. The summed E-state index contributed by atoms with van der Waals surface area (Å²) in [7, 11) is 0. The highest BCUT2D eigenvalue weighted by Crippen LogP contribution is 2.16. The van der Waals surface area contributed by atoms with Crippen LogP contribution in [0.2, 0.25) is 0 Å². The van der Waals surface area contributed by atoms with Crippen molar-refractivity contribution in [1.82, 2.24) is 20.3 Å². The summed E-state index contributed by atoms with van der Waals surface area (Å²) in [4.78, 5) is 14.1. The lowest BCUT2D eigenvalue weighted by Gasteiger charge is -2.33. The van der Waals surface area contributed by atoms with Crippen LogP contribution in [0.5, 0.6) is 0 Å². The average molecular weight is 252 g/mol. The average Bonchev–Trinajstić information content (AvgIpc) is 2.74. The minimum Gasteiger partial charge on any atom is -0.375 e. The second-order valence-electron chi connectivity index (χ2n) is 5.13. The minimum absolute atomic E-state index is 0.0571. The standard InChI is InChI=1S/C12H20N4O2/c1-8(2)6-10-7-16(4-5-18-10)12(17)11-9(3)13-15-14-11/h8,10H,4-7H2,1-3H3,(H,13,14,15)/t10-/m1/s1. The lowest BCUT2D eigenvalue weighted by atomic mass is 10.0. The number of aromatic nitrogens is 3. The molecule has 0 spiro atoms. The van der Waals surface area contributed by atoms with Gasteiger partial charge in [0.1, 0.15) is 0 Å². The molecule has 1 aliphatic heterocycles. The van der Waals surface area contributed by atoms with Crippen molar-refractivity contribution in [2.24, 2.45) is 5.92 Å². The van der Waals surface area contributed by atoms with Gasteiger partial charge in [-0.2, -0.15) is 15.4 Å². The molecule has 1 N–H and O–H groups in total. The molecule has 1 amide bonds. The molecule has 0 aliphatic carbocycles. The van der Waals surface area contributed by atoms with E-state index in [0.717, 1.165) is 6.42 Å². The number of carbonyl (C=O) groups is 1. The number of carbonyl (C=O) groups excluding carboxylic acids is 1. The molecule has 2 heterocycles. The number of aromatic amines is 1. The van der Waals surface area contributed by atoms with E-state index in [2.05, 4.69) is 29.3 Å². The van der Waals surface area contributed by atoms with Crippen molar-refractivity contribution in [3.05, 3.63) is 11.4 Å². The Kier molecular flexibility index (Phi) is 3.96. The van der Waals surface area contributed by atoms with Gasteiger partial charge in [-0.15, -0.1) is 0 Å². The van der Waals surface area contributed by atoms with Gasteiger partial charge in [-0.05, 0) is 19.3 Å².